The number of ether oxygens (including phenoxy) is 2. The van der Waals surface area contributed by atoms with Crippen molar-refractivity contribution in [1.82, 2.24) is 9.55 Å². The van der Waals surface area contributed by atoms with Gasteiger partial charge in [-0.3, -0.25) is 9.59 Å². The monoisotopic (exact) mass is 370 g/mol. The first-order chi connectivity index (χ1) is 12.5. The van der Waals surface area contributed by atoms with Crippen LogP contribution in [-0.4, -0.2) is 28.2 Å². The highest BCUT2D eigenvalue weighted by Crippen LogP contribution is 2.36. The summed E-state index contributed by atoms with van der Waals surface area (Å²) in [6.45, 7) is 11.3. The summed E-state index contributed by atoms with van der Waals surface area (Å²) in [6.07, 6.45) is 1.63. The Bertz CT molecular complexity index is 892. The summed E-state index contributed by atoms with van der Waals surface area (Å²) in [5.74, 6) is 0.376. The fraction of sp³-hybridized carbons (Fsp3) is 0.476. The molecule has 1 aromatic carbocycles. The molecule has 1 atom stereocenters. The molecule has 0 spiro atoms. The lowest BCUT2D eigenvalue weighted by Crippen LogP contribution is -2.30. The van der Waals surface area contributed by atoms with Gasteiger partial charge < -0.3 is 9.47 Å². The molecule has 1 aliphatic heterocycles. The number of nitrogens with zero attached hydrogens (tertiary/aromatic N) is 2. The largest absolute Gasteiger partial charge is 0.489 e. The molecule has 144 valence electrons. The highest BCUT2D eigenvalue weighted by molar-refractivity contribution is 5.86. The van der Waals surface area contributed by atoms with Crippen molar-refractivity contribution in [2.45, 2.75) is 52.6 Å². The van der Waals surface area contributed by atoms with Crippen LogP contribution in [0.4, 0.5) is 0 Å². The van der Waals surface area contributed by atoms with Gasteiger partial charge in [0.1, 0.15) is 12.4 Å². The van der Waals surface area contributed by atoms with E-state index in [0.29, 0.717) is 5.75 Å². The third-order valence-corrected chi connectivity index (χ3v) is 4.55. The molecule has 2 heterocycles. The summed E-state index contributed by atoms with van der Waals surface area (Å²) in [7, 11) is 0. The van der Waals surface area contributed by atoms with Gasteiger partial charge in [-0.25, -0.2) is 4.57 Å². The van der Waals surface area contributed by atoms with Gasteiger partial charge in [0.05, 0.1) is 0 Å². The van der Waals surface area contributed by atoms with E-state index in [4.69, 9.17) is 9.47 Å². The number of carbonyl (C=O) groups is 1. The van der Waals surface area contributed by atoms with Crippen LogP contribution < -0.4 is 15.0 Å². The molecule has 0 amide bonds. The SMILES string of the molecule is CC(C)(C)CC(C)(C)c1ccc(OCC2Oc3nc(=O)ccn3C2=O)cc1. The molecule has 0 saturated carbocycles. The molecule has 6 nitrogen and oxygen atoms in total. The quantitative estimate of drug-likeness (QED) is 0.806. The summed E-state index contributed by atoms with van der Waals surface area (Å²) in [5, 5.41) is 0. The average Bonchev–Trinajstić information content (AvgIpc) is 2.86. The number of hydrogen-bond donors (Lipinski definition) is 0. The summed E-state index contributed by atoms with van der Waals surface area (Å²) in [5.41, 5.74) is 1.10. The molecular formula is C21H26N2O4. The van der Waals surface area contributed by atoms with Crippen molar-refractivity contribution in [1.29, 1.82) is 0 Å². The summed E-state index contributed by atoms with van der Waals surface area (Å²) in [4.78, 5) is 27.2. The zero-order valence-corrected chi connectivity index (χ0v) is 16.5. The van der Waals surface area contributed by atoms with E-state index >= 15 is 0 Å². The first-order valence-electron chi connectivity index (χ1n) is 9.09. The minimum absolute atomic E-state index is 0.0142. The smallest absolute Gasteiger partial charge is 0.307 e. The van der Waals surface area contributed by atoms with Crippen molar-refractivity contribution in [3.8, 4) is 11.8 Å². The average molecular weight is 370 g/mol. The Morgan fingerprint density at radius 2 is 1.74 bits per heavy atom. The Morgan fingerprint density at radius 1 is 1.07 bits per heavy atom. The van der Waals surface area contributed by atoms with E-state index < -0.39 is 11.7 Å². The molecule has 2 aromatic rings. The van der Waals surface area contributed by atoms with E-state index in [1.165, 1.54) is 22.4 Å². The van der Waals surface area contributed by atoms with Gasteiger partial charge in [-0.2, -0.15) is 4.98 Å². The number of hydrogen-bond acceptors (Lipinski definition) is 5. The third-order valence-electron chi connectivity index (χ3n) is 4.55. The molecule has 27 heavy (non-hydrogen) atoms. The topological polar surface area (TPSA) is 70.4 Å². The van der Waals surface area contributed by atoms with E-state index in [1.807, 2.05) is 12.1 Å². The fourth-order valence-corrected chi connectivity index (χ4v) is 3.68. The predicted molar refractivity (Wildman–Crippen MR) is 103 cm³/mol. The van der Waals surface area contributed by atoms with Gasteiger partial charge >= 0.3 is 6.01 Å². The molecule has 0 fully saturated rings. The van der Waals surface area contributed by atoms with E-state index in [-0.39, 0.29) is 29.4 Å². The Kier molecular flexibility index (Phi) is 4.84. The summed E-state index contributed by atoms with van der Waals surface area (Å²) < 4.78 is 12.4. The first kappa shape index (κ1) is 19.1. The van der Waals surface area contributed by atoms with Crippen LogP contribution >= 0.6 is 0 Å². The lowest BCUT2D eigenvalue weighted by atomic mass is 9.72. The third kappa shape index (κ3) is 4.38. The maximum atomic E-state index is 12.3. The minimum Gasteiger partial charge on any atom is -0.489 e. The van der Waals surface area contributed by atoms with Gasteiger partial charge in [-0.05, 0) is 34.9 Å². The lowest BCUT2D eigenvalue weighted by molar-refractivity contribution is 0.0726. The molecule has 0 aliphatic carbocycles. The van der Waals surface area contributed by atoms with Crippen LogP contribution in [0.5, 0.6) is 11.8 Å². The van der Waals surface area contributed by atoms with Crippen LogP contribution in [0.1, 0.15) is 51.4 Å². The van der Waals surface area contributed by atoms with Crippen LogP contribution in [-0.2, 0) is 5.41 Å². The number of carbonyl (C=O) groups excluding carboxylic acids is 1. The van der Waals surface area contributed by atoms with E-state index in [1.54, 1.807) is 0 Å². The molecule has 0 radical (unpaired) electrons. The minimum atomic E-state index is -0.809. The van der Waals surface area contributed by atoms with Gasteiger partial charge in [0.25, 0.3) is 11.5 Å². The molecule has 1 aliphatic rings. The van der Waals surface area contributed by atoms with E-state index in [9.17, 15) is 9.59 Å². The molecule has 1 unspecified atom stereocenters. The fourth-order valence-electron chi connectivity index (χ4n) is 3.68. The summed E-state index contributed by atoms with van der Waals surface area (Å²) >= 11 is 0. The van der Waals surface area contributed by atoms with Gasteiger partial charge in [0.15, 0.2) is 0 Å². The van der Waals surface area contributed by atoms with Crippen LogP contribution in [0, 0.1) is 5.41 Å². The number of fused-ring (bicyclic) bond motifs is 1. The van der Waals surface area contributed by atoms with Crippen LogP contribution in [0.15, 0.2) is 41.3 Å². The predicted octanol–water partition coefficient (Wildman–Crippen LogP) is 3.44. The molecule has 1 aromatic heterocycles. The zero-order valence-electron chi connectivity index (χ0n) is 16.5. The van der Waals surface area contributed by atoms with E-state index in [2.05, 4.69) is 51.7 Å². The van der Waals surface area contributed by atoms with Crippen molar-refractivity contribution in [2.24, 2.45) is 5.41 Å². The Balaban J connectivity index is 1.63. The molecule has 0 bridgehead atoms. The highest BCUT2D eigenvalue weighted by atomic mass is 16.6. The Labute approximate surface area is 159 Å². The summed E-state index contributed by atoms with van der Waals surface area (Å²) in [6, 6.07) is 9.19. The number of rotatable bonds is 5. The molecule has 3 rings (SSSR count). The second-order valence-corrected chi connectivity index (χ2v) is 8.82. The second-order valence-electron chi connectivity index (χ2n) is 8.82. The Morgan fingerprint density at radius 3 is 2.37 bits per heavy atom. The maximum Gasteiger partial charge on any atom is 0.307 e. The van der Waals surface area contributed by atoms with Crippen molar-refractivity contribution >= 4 is 5.91 Å². The standard InChI is InChI=1S/C21H26N2O4/c1-20(2,3)13-21(4,5)14-6-8-15(9-7-14)26-12-16-18(25)23-11-10-17(24)22-19(23)27-16/h6-11,16H,12-13H2,1-5H3. The molecule has 0 saturated heterocycles. The van der Waals surface area contributed by atoms with Gasteiger partial charge in [0, 0.05) is 12.3 Å². The molecule has 6 heteroatoms. The van der Waals surface area contributed by atoms with Crippen LogP contribution in [0.3, 0.4) is 0 Å². The van der Waals surface area contributed by atoms with Crippen molar-refractivity contribution in [3.63, 3.8) is 0 Å². The lowest BCUT2D eigenvalue weighted by Gasteiger charge is -2.33. The highest BCUT2D eigenvalue weighted by Gasteiger charge is 2.33. The molecule has 0 N–H and O–H groups in total. The van der Waals surface area contributed by atoms with Crippen molar-refractivity contribution in [3.05, 3.63) is 52.4 Å². The number of aromatic nitrogens is 2. The van der Waals surface area contributed by atoms with Gasteiger partial charge in [-0.15, -0.1) is 0 Å². The van der Waals surface area contributed by atoms with Crippen LogP contribution in [0.25, 0.3) is 0 Å². The normalized spacial score (nSPS) is 16.8. The first-order valence-corrected chi connectivity index (χ1v) is 9.09. The number of benzene rings is 1. The zero-order chi connectivity index (χ0) is 19.8. The van der Waals surface area contributed by atoms with Gasteiger partial charge in [0.2, 0.25) is 6.10 Å². The van der Waals surface area contributed by atoms with Crippen molar-refractivity contribution < 1.29 is 14.3 Å². The van der Waals surface area contributed by atoms with Crippen LogP contribution in [0.2, 0.25) is 0 Å². The second kappa shape index (κ2) is 6.83. The van der Waals surface area contributed by atoms with E-state index in [0.717, 1.165) is 6.42 Å². The Hall–Kier alpha value is -2.63. The van der Waals surface area contributed by atoms with Gasteiger partial charge in [-0.1, -0.05) is 46.8 Å². The molecular weight excluding hydrogens is 344 g/mol. The maximum absolute atomic E-state index is 12.3. The van der Waals surface area contributed by atoms with Crippen molar-refractivity contribution in [2.75, 3.05) is 6.61 Å².